The summed E-state index contributed by atoms with van der Waals surface area (Å²) in [5.41, 5.74) is 2.08. The number of halogens is 1. The molecule has 3 aliphatic rings. The van der Waals surface area contributed by atoms with Crippen molar-refractivity contribution in [3.8, 4) is 17.2 Å². The summed E-state index contributed by atoms with van der Waals surface area (Å²) in [7, 11) is 0. The van der Waals surface area contributed by atoms with E-state index in [0.29, 0.717) is 24.7 Å². The summed E-state index contributed by atoms with van der Waals surface area (Å²) < 4.78 is 17.2. The van der Waals surface area contributed by atoms with Crippen LogP contribution in [0, 0.1) is 0 Å². The third kappa shape index (κ3) is 3.00. The molecule has 0 aliphatic carbocycles. The molecule has 2 unspecified atom stereocenters. The van der Waals surface area contributed by atoms with Crippen molar-refractivity contribution < 1.29 is 19.0 Å². The van der Waals surface area contributed by atoms with Crippen LogP contribution in [-0.4, -0.2) is 36.7 Å². The van der Waals surface area contributed by atoms with Gasteiger partial charge in [-0.3, -0.25) is 4.79 Å². The molecule has 1 amide bonds. The first-order chi connectivity index (χ1) is 13.2. The molecule has 0 bridgehead atoms. The van der Waals surface area contributed by atoms with Gasteiger partial charge in [-0.15, -0.1) is 0 Å². The highest BCUT2D eigenvalue weighted by molar-refractivity contribution is 6.30. The van der Waals surface area contributed by atoms with Crippen LogP contribution in [0.25, 0.3) is 0 Å². The molecule has 1 saturated heterocycles. The SMILES string of the molecule is O=C(C1Cc2cc(Cl)ccc2O1)N1CCCC1c1ccc2c(c1)OCCO2. The standard InChI is InChI=1S/C21H20ClNO4/c22-15-4-6-17-14(10-15)12-20(27-17)21(24)23-7-1-2-16(23)13-3-5-18-19(11-13)26-9-8-25-18/h3-6,10-11,16,20H,1-2,7-9,12H2. The lowest BCUT2D eigenvalue weighted by Gasteiger charge is -2.28. The van der Waals surface area contributed by atoms with E-state index in [4.69, 9.17) is 25.8 Å². The number of ether oxygens (including phenoxy) is 3. The molecular formula is C21H20ClNO4. The highest BCUT2D eigenvalue weighted by Crippen LogP contribution is 2.39. The van der Waals surface area contributed by atoms with Crippen LogP contribution in [-0.2, 0) is 11.2 Å². The Balaban J connectivity index is 1.36. The van der Waals surface area contributed by atoms with E-state index in [1.165, 1.54) is 0 Å². The number of rotatable bonds is 2. The Bertz CT molecular complexity index is 900. The van der Waals surface area contributed by atoms with Crippen molar-refractivity contribution in [2.75, 3.05) is 19.8 Å². The van der Waals surface area contributed by atoms with Crippen molar-refractivity contribution in [3.05, 3.63) is 52.5 Å². The van der Waals surface area contributed by atoms with Crippen LogP contribution in [0.4, 0.5) is 0 Å². The average Bonchev–Trinajstić information content (AvgIpc) is 3.33. The van der Waals surface area contributed by atoms with Gasteiger partial charge in [0.25, 0.3) is 5.91 Å². The number of fused-ring (bicyclic) bond motifs is 2. The summed E-state index contributed by atoms with van der Waals surface area (Å²) in [6.45, 7) is 1.87. The first-order valence-corrected chi connectivity index (χ1v) is 9.72. The second-order valence-corrected chi connectivity index (χ2v) is 7.59. The summed E-state index contributed by atoms with van der Waals surface area (Å²) in [4.78, 5) is 15.1. The minimum Gasteiger partial charge on any atom is -0.486 e. The maximum atomic E-state index is 13.2. The van der Waals surface area contributed by atoms with Crippen LogP contribution in [0.15, 0.2) is 36.4 Å². The molecule has 0 saturated carbocycles. The normalized spacial score (nSPS) is 23.1. The highest BCUT2D eigenvalue weighted by Gasteiger charge is 2.38. The summed E-state index contributed by atoms with van der Waals surface area (Å²) in [6, 6.07) is 11.5. The zero-order valence-electron chi connectivity index (χ0n) is 14.8. The van der Waals surface area contributed by atoms with E-state index in [2.05, 4.69) is 0 Å². The molecule has 0 N–H and O–H groups in total. The van der Waals surface area contributed by atoms with Gasteiger partial charge >= 0.3 is 0 Å². The van der Waals surface area contributed by atoms with Crippen LogP contribution < -0.4 is 14.2 Å². The van der Waals surface area contributed by atoms with Crippen molar-refractivity contribution in [2.24, 2.45) is 0 Å². The first-order valence-electron chi connectivity index (χ1n) is 9.34. The number of carbonyl (C=O) groups excluding carboxylic acids is 1. The number of likely N-dealkylation sites (tertiary alicyclic amines) is 1. The van der Waals surface area contributed by atoms with Gasteiger partial charge < -0.3 is 19.1 Å². The molecule has 27 heavy (non-hydrogen) atoms. The Hall–Kier alpha value is -2.40. The van der Waals surface area contributed by atoms with Crippen LogP contribution in [0.1, 0.15) is 30.0 Å². The molecule has 0 spiro atoms. The number of hydrogen-bond donors (Lipinski definition) is 0. The van der Waals surface area contributed by atoms with E-state index >= 15 is 0 Å². The monoisotopic (exact) mass is 385 g/mol. The minimum absolute atomic E-state index is 0.0414. The van der Waals surface area contributed by atoms with Gasteiger partial charge in [0, 0.05) is 18.0 Å². The number of amides is 1. The van der Waals surface area contributed by atoms with Crippen molar-refractivity contribution in [1.29, 1.82) is 0 Å². The third-order valence-corrected chi connectivity index (χ3v) is 5.69. The summed E-state index contributed by atoms with van der Waals surface area (Å²) >= 11 is 6.07. The van der Waals surface area contributed by atoms with Gasteiger partial charge in [0.15, 0.2) is 17.6 Å². The lowest BCUT2D eigenvalue weighted by atomic mass is 10.0. The molecule has 2 atom stereocenters. The molecule has 140 valence electrons. The second kappa shape index (κ2) is 6.64. The van der Waals surface area contributed by atoms with Gasteiger partial charge in [-0.05, 0) is 54.3 Å². The fourth-order valence-electron chi connectivity index (χ4n) is 4.18. The zero-order chi connectivity index (χ0) is 18.4. The van der Waals surface area contributed by atoms with E-state index in [1.54, 1.807) is 6.07 Å². The Morgan fingerprint density at radius 1 is 1.04 bits per heavy atom. The molecular weight excluding hydrogens is 366 g/mol. The molecule has 5 nitrogen and oxygen atoms in total. The third-order valence-electron chi connectivity index (χ3n) is 5.46. The molecule has 0 radical (unpaired) electrons. The number of carbonyl (C=O) groups is 1. The molecule has 5 rings (SSSR count). The van der Waals surface area contributed by atoms with Crippen LogP contribution in [0.5, 0.6) is 17.2 Å². The van der Waals surface area contributed by atoms with Crippen molar-refractivity contribution in [2.45, 2.75) is 31.4 Å². The van der Waals surface area contributed by atoms with Crippen molar-refractivity contribution in [1.82, 2.24) is 4.90 Å². The Morgan fingerprint density at radius 3 is 2.74 bits per heavy atom. The molecule has 2 aromatic rings. The summed E-state index contributed by atoms with van der Waals surface area (Å²) in [5, 5.41) is 0.667. The number of nitrogens with zero attached hydrogens (tertiary/aromatic N) is 1. The predicted octanol–water partition coefficient (Wildman–Crippen LogP) is 3.78. The van der Waals surface area contributed by atoms with E-state index in [0.717, 1.165) is 47.8 Å². The molecule has 3 heterocycles. The highest BCUT2D eigenvalue weighted by atomic mass is 35.5. The van der Waals surface area contributed by atoms with E-state index in [9.17, 15) is 4.79 Å². The van der Waals surface area contributed by atoms with E-state index in [1.807, 2.05) is 35.2 Å². The van der Waals surface area contributed by atoms with Crippen molar-refractivity contribution >= 4 is 17.5 Å². The van der Waals surface area contributed by atoms with Crippen LogP contribution >= 0.6 is 11.6 Å². The quantitative estimate of drug-likeness (QED) is 0.789. The number of hydrogen-bond acceptors (Lipinski definition) is 4. The van der Waals surface area contributed by atoms with Crippen LogP contribution in [0.3, 0.4) is 0 Å². The summed E-state index contributed by atoms with van der Waals surface area (Å²) in [5.74, 6) is 2.33. The lowest BCUT2D eigenvalue weighted by molar-refractivity contribution is -0.138. The first kappa shape index (κ1) is 16.8. The maximum absolute atomic E-state index is 13.2. The predicted molar refractivity (Wildman–Crippen MR) is 101 cm³/mol. The van der Waals surface area contributed by atoms with E-state index in [-0.39, 0.29) is 11.9 Å². The Labute approximate surface area is 162 Å². The van der Waals surface area contributed by atoms with Crippen LogP contribution in [0.2, 0.25) is 5.02 Å². The lowest BCUT2D eigenvalue weighted by Crippen LogP contribution is -2.41. The minimum atomic E-state index is -0.476. The van der Waals surface area contributed by atoms with Gasteiger partial charge in [-0.1, -0.05) is 17.7 Å². The summed E-state index contributed by atoms with van der Waals surface area (Å²) in [6.07, 6.45) is 2.02. The van der Waals surface area contributed by atoms with Gasteiger partial charge in [0.05, 0.1) is 6.04 Å². The molecule has 6 heteroatoms. The number of benzene rings is 2. The van der Waals surface area contributed by atoms with E-state index < -0.39 is 6.10 Å². The van der Waals surface area contributed by atoms with Gasteiger partial charge in [-0.2, -0.15) is 0 Å². The van der Waals surface area contributed by atoms with Gasteiger partial charge in [0.2, 0.25) is 0 Å². The second-order valence-electron chi connectivity index (χ2n) is 7.16. The molecule has 2 aromatic carbocycles. The topological polar surface area (TPSA) is 48.0 Å². The largest absolute Gasteiger partial charge is 0.486 e. The molecule has 0 aromatic heterocycles. The van der Waals surface area contributed by atoms with Gasteiger partial charge in [0.1, 0.15) is 19.0 Å². The maximum Gasteiger partial charge on any atom is 0.264 e. The smallest absolute Gasteiger partial charge is 0.264 e. The fraction of sp³-hybridized carbons (Fsp3) is 0.381. The van der Waals surface area contributed by atoms with Crippen molar-refractivity contribution in [3.63, 3.8) is 0 Å². The fourth-order valence-corrected chi connectivity index (χ4v) is 4.38. The van der Waals surface area contributed by atoms with Gasteiger partial charge in [-0.25, -0.2) is 0 Å². The Morgan fingerprint density at radius 2 is 1.85 bits per heavy atom. The Kier molecular flexibility index (Phi) is 4.12. The molecule has 1 fully saturated rings. The molecule has 3 aliphatic heterocycles. The zero-order valence-corrected chi connectivity index (χ0v) is 15.6. The average molecular weight is 386 g/mol.